The second kappa shape index (κ2) is 9.56. The number of hydrazone groups is 1. The summed E-state index contributed by atoms with van der Waals surface area (Å²) in [6.07, 6.45) is 6.73. The molecule has 0 aromatic heterocycles. The Morgan fingerprint density at radius 1 is 1.21 bits per heavy atom. The minimum absolute atomic E-state index is 0.106. The molecule has 19 heavy (non-hydrogen) atoms. The molecule has 3 nitrogen and oxygen atoms in total. The molecule has 0 aliphatic carbocycles. The average molecular weight is 262 g/mol. The van der Waals surface area contributed by atoms with Gasteiger partial charge in [0.25, 0.3) is 0 Å². The average Bonchev–Trinajstić information content (AvgIpc) is 2.42. The smallest absolute Gasteiger partial charge is 0.0948 e. The molecule has 1 rings (SSSR count). The molecule has 0 aliphatic heterocycles. The molecule has 0 saturated carbocycles. The van der Waals surface area contributed by atoms with E-state index >= 15 is 0 Å². The van der Waals surface area contributed by atoms with E-state index in [2.05, 4.69) is 24.2 Å². The second-order valence-electron chi connectivity index (χ2n) is 4.94. The van der Waals surface area contributed by atoms with Gasteiger partial charge < -0.3 is 9.75 Å². The van der Waals surface area contributed by atoms with Crippen molar-refractivity contribution in [3.05, 3.63) is 35.9 Å². The maximum Gasteiger partial charge on any atom is 0.0948 e. The molecule has 0 spiro atoms. The molecule has 1 atom stereocenters. The van der Waals surface area contributed by atoms with Gasteiger partial charge in [0.05, 0.1) is 18.9 Å². The lowest BCUT2D eigenvalue weighted by Gasteiger charge is -2.14. The summed E-state index contributed by atoms with van der Waals surface area (Å²) in [4.78, 5) is 0. The van der Waals surface area contributed by atoms with E-state index in [0.29, 0.717) is 6.61 Å². The lowest BCUT2D eigenvalue weighted by molar-refractivity contribution is 0.0793. The van der Waals surface area contributed by atoms with Crippen molar-refractivity contribution in [3.8, 4) is 0 Å². The van der Waals surface area contributed by atoms with Crippen LogP contribution in [0, 0.1) is 0 Å². The highest BCUT2D eigenvalue weighted by Gasteiger charge is 2.06. The molecule has 3 heteroatoms. The van der Waals surface area contributed by atoms with Crippen molar-refractivity contribution in [2.45, 2.75) is 45.3 Å². The summed E-state index contributed by atoms with van der Waals surface area (Å²) in [6, 6.07) is 10.3. The van der Waals surface area contributed by atoms with Crippen LogP contribution in [0.2, 0.25) is 0 Å². The number of benzene rings is 1. The third kappa shape index (κ3) is 7.62. The first-order valence-corrected chi connectivity index (χ1v) is 7.09. The molecule has 0 amide bonds. The summed E-state index contributed by atoms with van der Waals surface area (Å²) in [5.41, 5.74) is 1.21. The fourth-order valence-electron chi connectivity index (χ4n) is 1.78. The highest BCUT2D eigenvalue weighted by Crippen LogP contribution is 2.09. The molecule has 106 valence electrons. The number of unbranched alkanes of at least 4 members (excludes halogenated alkanes) is 2. The van der Waals surface area contributed by atoms with Gasteiger partial charge in [-0.1, -0.05) is 56.5 Å². The number of nitrogens with zero attached hydrogens (tertiary/aromatic N) is 2. The van der Waals surface area contributed by atoms with E-state index in [1.807, 2.05) is 38.5 Å². The maximum atomic E-state index is 5.95. The third-order valence-corrected chi connectivity index (χ3v) is 2.86. The summed E-state index contributed by atoms with van der Waals surface area (Å²) in [6.45, 7) is 2.87. The maximum absolute atomic E-state index is 5.95. The minimum atomic E-state index is 0.106. The Kier molecular flexibility index (Phi) is 7.91. The van der Waals surface area contributed by atoms with Crippen LogP contribution in [0.5, 0.6) is 0 Å². The topological polar surface area (TPSA) is 24.8 Å². The molecule has 0 heterocycles. The number of rotatable bonds is 9. The molecular formula is C16H26N2O. The zero-order chi connectivity index (χ0) is 13.9. The highest BCUT2D eigenvalue weighted by atomic mass is 16.5. The lowest BCUT2D eigenvalue weighted by atomic mass is 10.1. The van der Waals surface area contributed by atoms with E-state index < -0.39 is 0 Å². The largest absolute Gasteiger partial charge is 0.368 e. The van der Waals surface area contributed by atoms with E-state index in [1.54, 1.807) is 5.01 Å². The third-order valence-electron chi connectivity index (χ3n) is 2.86. The van der Waals surface area contributed by atoms with E-state index in [4.69, 9.17) is 4.74 Å². The summed E-state index contributed by atoms with van der Waals surface area (Å²) < 4.78 is 5.95. The summed E-state index contributed by atoms with van der Waals surface area (Å²) >= 11 is 0. The van der Waals surface area contributed by atoms with E-state index in [-0.39, 0.29) is 6.10 Å². The Morgan fingerprint density at radius 3 is 2.58 bits per heavy atom. The zero-order valence-corrected chi connectivity index (χ0v) is 12.4. The standard InChI is InChI=1S/C16H26N2O/c1-4-5-7-12-16(13-17-18(2)3)19-14-15-10-8-6-9-11-15/h6,8-11,13,16H,4-5,7,12,14H2,1-3H3/b17-13+. The first-order valence-electron chi connectivity index (χ1n) is 7.09. The van der Waals surface area contributed by atoms with Gasteiger partial charge in [-0.25, -0.2) is 0 Å². The van der Waals surface area contributed by atoms with Gasteiger partial charge in [-0.05, 0) is 12.0 Å². The number of hydrogen-bond donors (Lipinski definition) is 0. The van der Waals surface area contributed by atoms with Crippen LogP contribution in [0.4, 0.5) is 0 Å². The fraction of sp³-hybridized carbons (Fsp3) is 0.562. The normalized spacial score (nSPS) is 12.8. The molecule has 0 saturated heterocycles. The van der Waals surface area contributed by atoms with Crippen LogP contribution < -0.4 is 0 Å². The molecule has 0 bridgehead atoms. The predicted molar refractivity (Wildman–Crippen MR) is 81.3 cm³/mol. The van der Waals surface area contributed by atoms with Gasteiger partial charge in [-0.2, -0.15) is 5.10 Å². The van der Waals surface area contributed by atoms with Gasteiger partial charge >= 0.3 is 0 Å². The molecule has 1 unspecified atom stereocenters. The predicted octanol–water partition coefficient (Wildman–Crippen LogP) is 3.70. The zero-order valence-electron chi connectivity index (χ0n) is 12.4. The molecule has 0 fully saturated rings. The van der Waals surface area contributed by atoms with Gasteiger partial charge in [0.1, 0.15) is 0 Å². The molecule has 1 aromatic carbocycles. The van der Waals surface area contributed by atoms with E-state index in [0.717, 1.165) is 6.42 Å². The van der Waals surface area contributed by atoms with Gasteiger partial charge in [-0.3, -0.25) is 0 Å². The van der Waals surface area contributed by atoms with Crippen molar-refractivity contribution in [1.82, 2.24) is 5.01 Å². The van der Waals surface area contributed by atoms with Gasteiger partial charge in [0.15, 0.2) is 0 Å². The van der Waals surface area contributed by atoms with Gasteiger partial charge in [0.2, 0.25) is 0 Å². The second-order valence-corrected chi connectivity index (χ2v) is 4.94. The summed E-state index contributed by atoms with van der Waals surface area (Å²) in [7, 11) is 3.85. The molecular weight excluding hydrogens is 236 g/mol. The Bertz CT molecular complexity index is 349. The van der Waals surface area contributed by atoms with Crippen molar-refractivity contribution in [2.24, 2.45) is 5.10 Å². The van der Waals surface area contributed by atoms with Gasteiger partial charge in [0, 0.05) is 14.1 Å². The Morgan fingerprint density at radius 2 is 1.95 bits per heavy atom. The monoisotopic (exact) mass is 262 g/mol. The Labute approximate surface area is 117 Å². The quantitative estimate of drug-likeness (QED) is 0.385. The molecule has 0 aliphatic rings. The van der Waals surface area contributed by atoms with Crippen LogP contribution in [0.3, 0.4) is 0 Å². The highest BCUT2D eigenvalue weighted by molar-refractivity contribution is 5.62. The van der Waals surface area contributed by atoms with Crippen molar-refractivity contribution < 1.29 is 4.74 Å². The lowest BCUT2D eigenvalue weighted by Crippen LogP contribution is -2.17. The van der Waals surface area contributed by atoms with Crippen LogP contribution in [0.25, 0.3) is 0 Å². The first kappa shape index (κ1) is 15.7. The molecule has 0 radical (unpaired) electrons. The summed E-state index contributed by atoms with van der Waals surface area (Å²) in [5, 5.41) is 6.10. The molecule has 0 N–H and O–H groups in total. The Balaban J connectivity index is 2.43. The van der Waals surface area contributed by atoms with Crippen LogP contribution >= 0.6 is 0 Å². The SMILES string of the molecule is CCCCCC(/C=N/N(C)C)OCc1ccccc1. The van der Waals surface area contributed by atoms with E-state index in [1.165, 1.54) is 24.8 Å². The van der Waals surface area contributed by atoms with E-state index in [9.17, 15) is 0 Å². The fourth-order valence-corrected chi connectivity index (χ4v) is 1.78. The van der Waals surface area contributed by atoms with Crippen molar-refractivity contribution in [3.63, 3.8) is 0 Å². The minimum Gasteiger partial charge on any atom is -0.368 e. The summed E-state index contributed by atoms with van der Waals surface area (Å²) in [5.74, 6) is 0. The van der Waals surface area contributed by atoms with Crippen molar-refractivity contribution >= 4 is 6.21 Å². The van der Waals surface area contributed by atoms with Crippen LogP contribution in [-0.4, -0.2) is 31.4 Å². The Hall–Kier alpha value is -1.35. The molecule has 1 aromatic rings. The van der Waals surface area contributed by atoms with Crippen LogP contribution in [0.15, 0.2) is 35.4 Å². The number of hydrogen-bond acceptors (Lipinski definition) is 3. The van der Waals surface area contributed by atoms with Crippen LogP contribution in [0.1, 0.15) is 38.2 Å². The van der Waals surface area contributed by atoms with Crippen LogP contribution in [-0.2, 0) is 11.3 Å². The number of ether oxygens (including phenoxy) is 1. The van der Waals surface area contributed by atoms with Crippen molar-refractivity contribution in [1.29, 1.82) is 0 Å². The van der Waals surface area contributed by atoms with Gasteiger partial charge in [-0.15, -0.1) is 0 Å². The first-order chi connectivity index (χ1) is 9.22. The van der Waals surface area contributed by atoms with Crippen molar-refractivity contribution in [2.75, 3.05) is 14.1 Å².